The Labute approximate surface area is 136 Å². The first-order valence-corrected chi connectivity index (χ1v) is 8.42. The summed E-state index contributed by atoms with van der Waals surface area (Å²) < 4.78 is 6.00. The van der Waals surface area contributed by atoms with E-state index >= 15 is 0 Å². The van der Waals surface area contributed by atoms with E-state index < -0.39 is 0 Å². The summed E-state index contributed by atoms with van der Waals surface area (Å²) in [6, 6.07) is 5.82. The molecule has 0 aromatic heterocycles. The molecule has 2 unspecified atom stereocenters. The average Bonchev–Trinajstić information content (AvgIpc) is 2.46. The second kappa shape index (κ2) is 6.43. The zero-order valence-corrected chi connectivity index (χ0v) is 13.6. The van der Waals surface area contributed by atoms with Gasteiger partial charge in [-0.3, -0.25) is 11.3 Å². The standard InChI is InChI=1S/C16H22Cl2N2O/c17-13-3-1-4-14(18)12(13)9-15(20-19)11-5-8-21-16(10-11)6-2-7-16/h1,3-4,11,15,20H,2,5-10,19H2. The van der Waals surface area contributed by atoms with Crippen molar-refractivity contribution in [2.45, 2.75) is 50.2 Å². The van der Waals surface area contributed by atoms with Gasteiger partial charge in [-0.2, -0.15) is 0 Å². The monoisotopic (exact) mass is 328 g/mol. The summed E-state index contributed by atoms with van der Waals surface area (Å²) in [5, 5.41) is 1.43. The molecule has 5 heteroatoms. The number of hydrazine groups is 1. The highest BCUT2D eigenvalue weighted by Gasteiger charge is 2.44. The van der Waals surface area contributed by atoms with Crippen LogP contribution in [0.1, 0.15) is 37.7 Å². The molecule has 3 rings (SSSR count). The minimum atomic E-state index is 0.127. The van der Waals surface area contributed by atoms with Gasteiger partial charge < -0.3 is 4.74 Å². The second-order valence-corrected chi connectivity index (χ2v) is 7.13. The fourth-order valence-corrected chi connectivity index (χ4v) is 4.19. The Morgan fingerprint density at radius 1 is 1.33 bits per heavy atom. The van der Waals surface area contributed by atoms with Crippen molar-refractivity contribution in [1.82, 2.24) is 5.43 Å². The van der Waals surface area contributed by atoms with Crippen molar-refractivity contribution in [2.75, 3.05) is 6.61 Å². The molecule has 1 aliphatic heterocycles. The Bertz CT molecular complexity index is 485. The summed E-state index contributed by atoms with van der Waals surface area (Å²) in [5.74, 6) is 6.33. The van der Waals surface area contributed by atoms with Gasteiger partial charge in [-0.15, -0.1) is 0 Å². The van der Waals surface area contributed by atoms with Crippen molar-refractivity contribution in [3.05, 3.63) is 33.8 Å². The number of hydrogen-bond donors (Lipinski definition) is 2. The molecule has 0 bridgehead atoms. The summed E-state index contributed by atoms with van der Waals surface area (Å²) in [7, 11) is 0. The molecular weight excluding hydrogens is 307 g/mol. The van der Waals surface area contributed by atoms with E-state index in [1.54, 1.807) is 0 Å². The Morgan fingerprint density at radius 2 is 2.05 bits per heavy atom. The maximum absolute atomic E-state index is 6.29. The van der Waals surface area contributed by atoms with E-state index in [0.29, 0.717) is 16.0 Å². The van der Waals surface area contributed by atoms with Crippen LogP contribution in [-0.4, -0.2) is 18.2 Å². The van der Waals surface area contributed by atoms with E-state index in [1.807, 2.05) is 18.2 Å². The molecule has 0 amide bonds. The van der Waals surface area contributed by atoms with E-state index in [0.717, 1.165) is 31.4 Å². The normalized spacial score (nSPS) is 25.6. The lowest BCUT2D eigenvalue weighted by Gasteiger charge is -2.48. The summed E-state index contributed by atoms with van der Waals surface area (Å²) in [4.78, 5) is 0. The van der Waals surface area contributed by atoms with E-state index in [-0.39, 0.29) is 11.6 Å². The highest BCUT2D eigenvalue weighted by Crippen LogP contribution is 2.45. The SMILES string of the molecule is NNC(Cc1c(Cl)cccc1Cl)C1CCOC2(CCC2)C1. The molecule has 1 spiro atoms. The van der Waals surface area contributed by atoms with Crippen LogP contribution in [0, 0.1) is 5.92 Å². The first-order chi connectivity index (χ1) is 10.1. The molecule has 1 saturated heterocycles. The molecule has 116 valence electrons. The smallest absolute Gasteiger partial charge is 0.0685 e. The van der Waals surface area contributed by atoms with Crippen LogP contribution in [0.15, 0.2) is 18.2 Å². The predicted octanol–water partition coefficient (Wildman–Crippen LogP) is 3.72. The van der Waals surface area contributed by atoms with Crippen molar-refractivity contribution in [3.63, 3.8) is 0 Å². The van der Waals surface area contributed by atoms with Crippen LogP contribution in [0.5, 0.6) is 0 Å². The van der Waals surface area contributed by atoms with Crippen molar-refractivity contribution < 1.29 is 4.74 Å². The molecule has 0 radical (unpaired) electrons. The molecule has 3 N–H and O–H groups in total. The molecule has 1 aliphatic carbocycles. The third kappa shape index (κ3) is 3.22. The minimum absolute atomic E-state index is 0.127. The fourth-order valence-electron chi connectivity index (χ4n) is 3.64. The zero-order chi connectivity index (χ0) is 14.9. The molecule has 21 heavy (non-hydrogen) atoms. The van der Waals surface area contributed by atoms with E-state index in [2.05, 4.69) is 5.43 Å². The van der Waals surface area contributed by atoms with Gasteiger partial charge in [0.05, 0.1) is 5.60 Å². The van der Waals surface area contributed by atoms with Crippen molar-refractivity contribution in [1.29, 1.82) is 0 Å². The van der Waals surface area contributed by atoms with Crippen LogP contribution in [-0.2, 0) is 11.2 Å². The van der Waals surface area contributed by atoms with Crippen LogP contribution in [0.3, 0.4) is 0 Å². The van der Waals surface area contributed by atoms with Crippen LogP contribution < -0.4 is 11.3 Å². The molecule has 1 aromatic rings. The molecule has 2 fully saturated rings. The number of nitrogens with one attached hydrogen (secondary N) is 1. The summed E-state index contributed by atoms with van der Waals surface area (Å²) >= 11 is 12.6. The van der Waals surface area contributed by atoms with Gasteiger partial charge in [0.15, 0.2) is 0 Å². The maximum Gasteiger partial charge on any atom is 0.0685 e. The number of ether oxygens (including phenoxy) is 1. The van der Waals surface area contributed by atoms with Gasteiger partial charge in [-0.05, 0) is 62.1 Å². The topological polar surface area (TPSA) is 47.3 Å². The summed E-state index contributed by atoms with van der Waals surface area (Å²) in [5.41, 5.74) is 4.10. The molecule has 1 aromatic carbocycles. The molecule has 2 atom stereocenters. The second-order valence-electron chi connectivity index (χ2n) is 6.32. The highest BCUT2D eigenvalue weighted by atomic mass is 35.5. The van der Waals surface area contributed by atoms with Gasteiger partial charge in [-0.1, -0.05) is 29.3 Å². The number of rotatable bonds is 4. The van der Waals surface area contributed by atoms with Crippen LogP contribution >= 0.6 is 23.2 Å². The third-order valence-corrected chi connectivity index (χ3v) is 5.77. The van der Waals surface area contributed by atoms with Crippen molar-refractivity contribution >= 4 is 23.2 Å². The number of nitrogens with two attached hydrogens (primary N) is 1. The van der Waals surface area contributed by atoms with E-state index in [1.165, 1.54) is 19.3 Å². The van der Waals surface area contributed by atoms with Gasteiger partial charge in [0.25, 0.3) is 0 Å². The van der Waals surface area contributed by atoms with E-state index in [9.17, 15) is 0 Å². The van der Waals surface area contributed by atoms with E-state index in [4.69, 9.17) is 33.8 Å². The molecule has 1 saturated carbocycles. The Hall–Kier alpha value is -0.320. The fraction of sp³-hybridized carbons (Fsp3) is 0.625. The maximum atomic E-state index is 6.29. The molecule has 1 heterocycles. The Morgan fingerprint density at radius 3 is 2.62 bits per heavy atom. The van der Waals surface area contributed by atoms with Gasteiger partial charge in [0.1, 0.15) is 0 Å². The van der Waals surface area contributed by atoms with Gasteiger partial charge in [0.2, 0.25) is 0 Å². The van der Waals surface area contributed by atoms with Gasteiger partial charge in [0, 0.05) is 22.7 Å². The van der Waals surface area contributed by atoms with Crippen LogP contribution in [0.4, 0.5) is 0 Å². The molecular formula is C16H22Cl2N2O. The Balaban J connectivity index is 1.73. The highest BCUT2D eigenvalue weighted by molar-refractivity contribution is 6.36. The predicted molar refractivity (Wildman–Crippen MR) is 86.5 cm³/mol. The van der Waals surface area contributed by atoms with Gasteiger partial charge >= 0.3 is 0 Å². The summed E-state index contributed by atoms with van der Waals surface area (Å²) in [6.45, 7) is 0.832. The lowest BCUT2D eigenvalue weighted by Crippen LogP contribution is -2.52. The van der Waals surface area contributed by atoms with Crippen LogP contribution in [0.2, 0.25) is 10.0 Å². The number of benzene rings is 1. The lowest BCUT2D eigenvalue weighted by atomic mass is 9.70. The quantitative estimate of drug-likeness (QED) is 0.654. The zero-order valence-electron chi connectivity index (χ0n) is 12.1. The average molecular weight is 329 g/mol. The number of hydrogen-bond acceptors (Lipinski definition) is 3. The first kappa shape index (κ1) is 15.6. The molecule has 2 aliphatic rings. The largest absolute Gasteiger partial charge is 0.375 e. The first-order valence-electron chi connectivity index (χ1n) is 7.66. The Kier molecular flexibility index (Phi) is 4.77. The van der Waals surface area contributed by atoms with Gasteiger partial charge in [-0.25, -0.2) is 0 Å². The summed E-state index contributed by atoms with van der Waals surface area (Å²) in [6.07, 6.45) is 6.55. The third-order valence-electron chi connectivity index (χ3n) is 5.06. The minimum Gasteiger partial charge on any atom is -0.375 e. The van der Waals surface area contributed by atoms with Crippen molar-refractivity contribution in [3.8, 4) is 0 Å². The number of halogens is 2. The van der Waals surface area contributed by atoms with Crippen molar-refractivity contribution in [2.24, 2.45) is 11.8 Å². The molecule has 3 nitrogen and oxygen atoms in total. The lowest BCUT2D eigenvalue weighted by molar-refractivity contribution is -0.147. The van der Waals surface area contributed by atoms with Crippen LogP contribution in [0.25, 0.3) is 0 Å².